The van der Waals surface area contributed by atoms with Gasteiger partial charge in [-0.1, -0.05) is 0 Å². The molecule has 0 saturated carbocycles. The zero-order chi connectivity index (χ0) is 13.4. The fourth-order valence-corrected chi connectivity index (χ4v) is 3.88. The fraction of sp³-hybridized carbons (Fsp3) is 0.571. The van der Waals surface area contributed by atoms with Gasteiger partial charge in [0.25, 0.3) is 0 Å². The minimum absolute atomic E-state index is 0.587. The van der Waals surface area contributed by atoms with Crippen LogP contribution in [0.1, 0.15) is 47.8 Å². The molecule has 3 rings (SSSR count). The van der Waals surface area contributed by atoms with Crippen LogP contribution in [0.25, 0.3) is 5.13 Å². The average Bonchev–Trinajstić information content (AvgIpc) is 2.95. The molecule has 0 fully saturated rings. The molecule has 4 nitrogen and oxygen atoms in total. The van der Waals surface area contributed by atoms with Crippen molar-refractivity contribution in [1.82, 2.24) is 14.8 Å². The van der Waals surface area contributed by atoms with Crippen molar-refractivity contribution in [3.8, 4) is 5.13 Å². The average molecular weight is 276 g/mol. The zero-order valence-electron chi connectivity index (χ0n) is 11.5. The highest BCUT2D eigenvalue weighted by Crippen LogP contribution is 2.37. The van der Waals surface area contributed by atoms with Crippen molar-refractivity contribution in [2.24, 2.45) is 5.73 Å². The molecule has 0 saturated heterocycles. The molecule has 0 amide bonds. The largest absolute Gasteiger partial charge is 0.330 e. The van der Waals surface area contributed by atoms with Gasteiger partial charge in [0.05, 0.1) is 17.1 Å². The van der Waals surface area contributed by atoms with Crippen molar-refractivity contribution >= 4 is 11.3 Å². The van der Waals surface area contributed by atoms with Crippen molar-refractivity contribution in [3.05, 3.63) is 28.0 Å². The summed E-state index contributed by atoms with van der Waals surface area (Å²) in [5.41, 5.74) is 10.8. The first-order chi connectivity index (χ1) is 9.20. The molecule has 2 heterocycles. The Kier molecular flexibility index (Phi) is 3.41. The lowest BCUT2D eigenvalue weighted by Gasteiger charge is -2.23. The molecule has 1 unspecified atom stereocenters. The molecule has 0 aliphatic heterocycles. The monoisotopic (exact) mass is 276 g/mol. The second kappa shape index (κ2) is 5.06. The Morgan fingerprint density at radius 1 is 1.47 bits per heavy atom. The van der Waals surface area contributed by atoms with E-state index in [-0.39, 0.29) is 0 Å². The van der Waals surface area contributed by atoms with Gasteiger partial charge in [-0.05, 0) is 57.6 Å². The summed E-state index contributed by atoms with van der Waals surface area (Å²) in [7, 11) is 0. The smallest absolute Gasteiger partial charge is 0.210 e. The van der Waals surface area contributed by atoms with E-state index in [0.717, 1.165) is 35.9 Å². The lowest BCUT2D eigenvalue weighted by Crippen LogP contribution is -2.15. The van der Waals surface area contributed by atoms with Crippen LogP contribution in [0, 0.1) is 13.8 Å². The highest BCUT2D eigenvalue weighted by molar-refractivity contribution is 7.12. The Balaban J connectivity index is 2.07. The third-order valence-corrected chi connectivity index (χ3v) is 4.82. The van der Waals surface area contributed by atoms with E-state index in [1.165, 1.54) is 24.1 Å². The third-order valence-electron chi connectivity index (χ3n) is 3.88. The van der Waals surface area contributed by atoms with Crippen LogP contribution in [0.4, 0.5) is 0 Å². The molecule has 19 heavy (non-hydrogen) atoms. The molecule has 2 N–H and O–H groups in total. The standard InChI is InChI=1S/C14H20N4S/c1-9-8-19-14(16-9)18-12-5-3-4-11(6-7-15)13(12)10(2)17-18/h8,11H,3-7,15H2,1-2H3. The van der Waals surface area contributed by atoms with Crippen molar-refractivity contribution in [1.29, 1.82) is 0 Å². The van der Waals surface area contributed by atoms with Gasteiger partial charge in [-0.15, -0.1) is 11.3 Å². The highest BCUT2D eigenvalue weighted by atomic mass is 32.1. The molecule has 0 radical (unpaired) electrons. The van der Waals surface area contributed by atoms with E-state index in [0.29, 0.717) is 5.92 Å². The summed E-state index contributed by atoms with van der Waals surface area (Å²) in [6, 6.07) is 0. The Hall–Kier alpha value is -1.20. The van der Waals surface area contributed by atoms with Crippen LogP contribution < -0.4 is 5.73 Å². The van der Waals surface area contributed by atoms with E-state index in [1.54, 1.807) is 11.3 Å². The van der Waals surface area contributed by atoms with Crippen LogP contribution in [0.2, 0.25) is 0 Å². The van der Waals surface area contributed by atoms with E-state index in [4.69, 9.17) is 10.8 Å². The number of rotatable bonds is 3. The van der Waals surface area contributed by atoms with Crippen LogP contribution in [0.15, 0.2) is 5.38 Å². The number of fused-ring (bicyclic) bond motifs is 1. The van der Waals surface area contributed by atoms with Crippen molar-refractivity contribution in [2.45, 2.75) is 45.4 Å². The minimum Gasteiger partial charge on any atom is -0.330 e. The molecule has 0 bridgehead atoms. The Bertz CT molecular complexity index is 584. The van der Waals surface area contributed by atoms with Crippen molar-refractivity contribution < 1.29 is 0 Å². The lowest BCUT2D eigenvalue weighted by atomic mass is 9.83. The maximum atomic E-state index is 5.75. The number of aryl methyl sites for hydroxylation is 2. The number of nitrogens with zero attached hydrogens (tertiary/aromatic N) is 3. The van der Waals surface area contributed by atoms with Crippen molar-refractivity contribution in [2.75, 3.05) is 6.54 Å². The van der Waals surface area contributed by atoms with Crippen molar-refractivity contribution in [3.63, 3.8) is 0 Å². The Labute approximate surface area is 117 Å². The van der Waals surface area contributed by atoms with E-state index in [1.807, 2.05) is 6.92 Å². The first-order valence-electron chi connectivity index (χ1n) is 6.91. The summed E-state index contributed by atoms with van der Waals surface area (Å²) in [5, 5.41) is 7.81. The second-order valence-corrected chi connectivity index (χ2v) is 6.13. The van der Waals surface area contributed by atoms with Gasteiger partial charge in [0.2, 0.25) is 5.13 Å². The number of aromatic nitrogens is 3. The second-order valence-electron chi connectivity index (χ2n) is 5.30. The van der Waals surface area contributed by atoms with E-state index < -0.39 is 0 Å². The first kappa shape index (κ1) is 12.8. The molecule has 5 heteroatoms. The van der Waals surface area contributed by atoms with Gasteiger partial charge in [0, 0.05) is 5.38 Å². The number of hydrogen-bond acceptors (Lipinski definition) is 4. The molecular formula is C14H20N4S. The minimum atomic E-state index is 0.587. The maximum Gasteiger partial charge on any atom is 0.210 e. The Morgan fingerprint density at radius 2 is 2.32 bits per heavy atom. The molecule has 1 atom stereocenters. The topological polar surface area (TPSA) is 56.7 Å². The highest BCUT2D eigenvalue weighted by Gasteiger charge is 2.27. The number of hydrogen-bond donors (Lipinski definition) is 1. The van der Waals surface area contributed by atoms with Gasteiger partial charge >= 0.3 is 0 Å². The van der Waals surface area contributed by atoms with Crippen LogP contribution >= 0.6 is 11.3 Å². The number of thiazole rings is 1. The summed E-state index contributed by atoms with van der Waals surface area (Å²) in [6.07, 6.45) is 4.65. The van der Waals surface area contributed by atoms with E-state index >= 15 is 0 Å². The molecule has 1 aliphatic rings. The van der Waals surface area contributed by atoms with Crippen LogP contribution in [0.3, 0.4) is 0 Å². The van der Waals surface area contributed by atoms with Gasteiger partial charge in [-0.25, -0.2) is 9.67 Å². The quantitative estimate of drug-likeness (QED) is 0.937. The van der Waals surface area contributed by atoms with Crippen LogP contribution in [-0.2, 0) is 6.42 Å². The summed E-state index contributed by atoms with van der Waals surface area (Å²) in [4.78, 5) is 4.57. The maximum absolute atomic E-state index is 5.75. The zero-order valence-corrected chi connectivity index (χ0v) is 12.3. The molecule has 2 aromatic heterocycles. The predicted octanol–water partition coefficient (Wildman–Crippen LogP) is 2.71. The third kappa shape index (κ3) is 2.21. The van der Waals surface area contributed by atoms with Crippen LogP contribution in [-0.4, -0.2) is 21.3 Å². The number of nitrogens with two attached hydrogens (primary N) is 1. The summed E-state index contributed by atoms with van der Waals surface area (Å²) in [6.45, 7) is 4.90. The molecule has 2 aromatic rings. The van der Waals surface area contributed by atoms with Gasteiger partial charge in [-0.3, -0.25) is 0 Å². The SMILES string of the molecule is Cc1csc(-n2nc(C)c3c2CCCC3CCN)n1. The lowest BCUT2D eigenvalue weighted by molar-refractivity contribution is 0.516. The molecule has 0 aromatic carbocycles. The summed E-state index contributed by atoms with van der Waals surface area (Å²) < 4.78 is 2.06. The van der Waals surface area contributed by atoms with Gasteiger partial charge in [0.15, 0.2) is 0 Å². The van der Waals surface area contributed by atoms with Gasteiger partial charge in [-0.2, -0.15) is 5.10 Å². The van der Waals surface area contributed by atoms with Crippen LogP contribution in [0.5, 0.6) is 0 Å². The predicted molar refractivity (Wildman–Crippen MR) is 78.1 cm³/mol. The van der Waals surface area contributed by atoms with Gasteiger partial charge in [0.1, 0.15) is 0 Å². The summed E-state index contributed by atoms with van der Waals surface area (Å²) in [5.74, 6) is 0.587. The summed E-state index contributed by atoms with van der Waals surface area (Å²) >= 11 is 1.67. The molecule has 102 valence electrons. The normalized spacial score (nSPS) is 18.6. The molecular weight excluding hydrogens is 256 g/mol. The fourth-order valence-electron chi connectivity index (χ4n) is 3.11. The van der Waals surface area contributed by atoms with Gasteiger partial charge < -0.3 is 5.73 Å². The first-order valence-corrected chi connectivity index (χ1v) is 7.79. The Morgan fingerprint density at radius 3 is 3.00 bits per heavy atom. The molecule has 1 aliphatic carbocycles. The van der Waals surface area contributed by atoms with E-state index in [9.17, 15) is 0 Å². The molecule has 0 spiro atoms. The van der Waals surface area contributed by atoms with E-state index in [2.05, 4.69) is 22.0 Å².